The van der Waals surface area contributed by atoms with Crippen molar-refractivity contribution in [3.63, 3.8) is 0 Å². The van der Waals surface area contributed by atoms with Gasteiger partial charge in [-0.2, -0.15) is 0 Å². The average Bonchev–Trinajstić information content (AvgIpc) is 3.43. The quantitative estimate of drug-likeness (QED) is 0.414. The van der Waals surface area contributed by atoms with Gasteiger partial charge in [-0.3, -0.25) is 4.90 Å². The number of benzene rings is 2. The molecule has 5 rings (SSSR count). The molecule has 4 aromatic rings. The number of pyridine rings is 1. The number of carboxylic acid groups (broad SMARTS) is 1. The topological polar surface area (TPSA) is 82.1 Å². The smallest absolute Gasteiger partial charge is 0.407 e. The van der Waals surface area contributed by atoms with Crippen molar-refractivity contribution in [2.45, 2.75) is 18.9 Å². The monoisotopic (exact) mass is 418 g/mol. The van der Waals surface area contributed by atoms with E-state index in [2.05, 4.69) is 39.2 Å². The van der Waals surface area contributed by atoms with Crippen LogP contribution in [-0.4, -0.2) is 37.6 Å². The number of amides is 1. The van der Waals surface area contributed by atoms with Crippen LogP contribution in [0.25, 0.3) is 33.2 Å². The summed E-state index contributed by atoms with van der Waals surface area (Å²) in [6.07, 6.45) is 4.31. The van der Waals surface area contributed by atoms with Crippen molar-refractivity contribution in [1.29, 1.82) is 0 Å². The van der Waals surface area contributed by atoms with E-state index in [4.69, 9.17) is 11.6 Å². The van der Waals surface area contributed by atoms with Crippen molar-refractivity contribution in [1.82, 2.24) is 19.9 Å². The second-order valence-corrected chi connectivity index (χ2v) is 7.85. The first kappa shape index (κ1) is 18.6. The van der Waals surface area contributed by atoms with E-state index in [0.717, 1.165) is 46.0 Å². The molecule has 7 heteroatoms. The van der Waals surface area contributed by atoms with Gasteiger partial charge in [0.15, 0.2) is 0 Å². The summed E-state index contributed by atoms with van der Waals surface area (Å²) < 4.78 is 0. The molecule has 0 aliphatic carbocycles. The molecule has 0 saturated carbocycles. The number of aromatic amines is 1. The minimum absolute atomic E-state index is 0.199. The van der Waals surface area contributed by atoms with E-state index < -0.39 is 6.09 Å². The zero-order valence-corrected chi connectivity index (χ0v) is 16.8. The second kappa shape index (κ2) is 7.46. The molecule has 1 amide bonds. The molecule has 2 aromatic heterocycles. The van der Waals surface area contributed by atoms with Crippen LogP contribution in [0.1, 0.15) is 24.7 Å². The van der Waals surface area contributed by atoms with Crippen molar-refractivity contribution < 1.29 is 9.90 Å². The summed E-state index contributed by atoms with van der Waals surface area (Å²) in [6.45, 7) is 0.554. The molecule has 0 bridgehead atoms. The van der Waals surface area contributed by atoms with E-state index in [1.165, 1.54) is 4.90 Å². The molecule has 150 valence electrons. The number of likely N-dealkylation sites (tertiary alicyclic amines) is 1. The highest BCUT2D eigenvalue weighted by molar-refractivity contribution is 6.30. The van der Waals surface area contributed by atoms with Gasteiger partial charge in [0.1, 0.15) is 11.0 Å². The fourth-order valence-electron chi connectivity index (χ4n) is 4.07. The Hall–Kier alpha value is -3.38. The molecular formula is C23H19ClN4O2. The van der Waals surface area contributed by atoms with Crippen LogP contribution in [0.15, 0.2) is 60.9 Å². The molecular weight excluding hydrogens is 400 g/mol. The first-order valence-corrected chi connectivity index (χ1v) is 10.2. The highest BCUT2D eigenvalue weighted by atomic mass is 35.5. The van der Waals surface area contributed by atoms with Crippen molar-refractivity contribution in [2.75, 3.05) is 6.54 Å². The predicted octanol–water partition coefficient (Wildman–Crippen LogP) is 5.76. The van der Waals surface area contributed by atoms with Gasteiger partial charge in [-0.15, -0.1) is 0 Å². The molecule has 1 aliphatic heterocycles. The van der Waals surface area contributed by atoms with Gasteiger partial charge >= 0.3 is 6.09 Å². The average molecular weight is 419 g/mol. The first-order valence-electron chi connectivity index (χ1n) is 9.79. The number of fused-ring (bicyclic) bond motifs is 1. The minimum Gasteiger partial charge on any atom is -0.465 e. The zero-order valence-electron chi connectivity index (χ0n) is 16.0. The summed E-state index contributed by atoms with van der Waals surface area (Å²) in [6, 6.07) is 16.1. The lowest BCUT2D eigenvalue weighted by atomic mass is 10.0. The number of nitrogens with one attached hydrogen (secondary N) is 1. The molecule has 1 aliphatic rings. The summed E-state index contributed by atoms with van der Waals surface area (Å²) in [7, 11) is 0. The number of hydrogen-bond donors (Lipinski definition) is 2. The number of halogens is 1. The molecule has 1 fully saturated rings. The summed E-state index contributed by atoms with van der Waals surface area (Å²) in [4.78, 5) is 24.8. The second-order valence-electron chi connectivity index (χ2n) is 7.46. The Morgan fingerprint density at radius 2 is 1.77 bits per heavy atom. The van der Waals surface area contributed by atoms with Gasteiger partial charge in [0, 0.05) is 18.1 Å². The predicted molar refractivity (Wildman–Crippen MR) is 116 cm³/mol. The molecule has 3 heterocycles. The standard InChI is InChI=1S/C23H19ClN4O2/c24-21-11-17-8-7-16(10-18(17)12-25-21)14-3-5-15(6-4-14)19-13-26-22(27-19)20-2-1-9-28(20)23(29)30/h3-8,10-13,20H,1-2,9H2,(H,26,27)(H,29,30)/t20-/m0/s1. The van der Waals surface area contributed by atoms with Gasteiger partial charge in [-0.05, 0) is 47.1 Å². The van der Waals surface area contributed by atoms with Crippen molar-refractivity contribution >= 4 is 28.5 Å². The molecule has 6 nitrogen and oxygen atoms in total. The molecule has 0 radical (unpaired) electrons. The number of rotatable bonds is 3. The van der Waals surface area contributed by atoms with E-state index in [1.807, 2.05) is 24.3 Å². The van der Waals surface area contributed by atoms with Crippen LogP contribution in [0.3, 0.4) is 0 Å². The van der Waals surface area contributed by atoms with Crippen LogP contribution in [-0.2, 0) is 0 Å². The molecule has 1 saturated heterocycles. The Kier molecular flexibility index (Phi) is 4.64. The van der Waals surface area contributed by atoms with Gasteiger partial charge in [-0.1, -0.05) is 48.0 Å². The van der Waals surface area contributed by atoms with Gasteiger partial charge in [0.05, 0.1) is 17.9 Å². The van der Waals surface area contributed by atoms with Crippen LogP contribution in [0.4, 0.5) is 4.79 Å². The number of carbonyl (C=O) groups is 1. The lowest BCUT2D eigenvalue weighted by Gasteiger charge is -2.19. The summed E-state index contributed by atoms with van der Waals surface area (Å²) in [5.74, 6) is 0.703. The number of imidazole rings is 1. The number of hydrogen-bond acceptors (Lipinski definition) is 3. The van der Waals surface area contributed by atoms with Crippen molar-refractivity contribution in [3.8, 4) is 22.4 Å². The third kappa shape index (κ3) is 3.39. The molecule has 1 atom stereocenters. The van der Waals surface area contributed by atoms with Crippen molar-refractivity contribution in [3.05, 3.63) is 71.9 Å². The lowest BCUT2D eigenvalue weighted by Crippen LogP contribution is -2.29. The van der Waals surface area contributed by atoms with E-state index in [9.17, 15) is 9.90 Å². The fourth-order valence-corrected chi connectivity index (χ4v) is 4.24. The molecule has 0 spiro atoms. The number of aromatic nitrogens is 3. The maximum absolute atomic E-state index is 11.4. The van der Waals surface area contributed by atoms with Crippen LogP contribution in [0.2, 0.25) is 5.15 Å². The molecule has 0 unspecified atom stereocenters. The largest absolute Gasteiger partial charge is 0.465 e. The molecule has 2 aromatic carbocycles. The van der Waals surface area contributed by atoms with E-state index in [1.54, 1.807) is 12.4 Å². The summed E-state index contributed by atoms with van der Waals surface area (Å²) in [5.41, 5.74) is 4.09. The maximum atomic E-state index is 11.4. The van der Waals surface area contributed by atoms with Crippen LogP contribution in [0, 0.1) is 0 Å². The SMILES string of the molecule is O=C(O)N1CCC[C@H]1c1ncc(-c2ccc(-c3ccc4cc(Cl)ncc4c3)cc2)[nH]1. The minimum atomic E-state index is -0.896. The Bertz CT molecular complexity index is 1240. The van der Waals surface area contributed by atoms with Gasteiger partial charge in [0.2, 0.25) is 0 Å². The third-order valence-corrected chi connectivity index (χ3v) is 5.83. The Labute approximate surface area is 178 Å². The number of nitrogens with zero attached hydrogens (tertiary/aromatic N) is 3. The fraction of sp³-hybridized carbons (Fsp3) is 0.174. The number of H-pyrrole nitrogens is 1. The van der Waals surface area contributed by atoms with Gasteiger partial charge in [0.25, 0.3) is 0 Å². The Morgan fingerprint density at radius 3 is 2.57 bits per heavy atom. The lowest BCUT2D eigenvalue weighted by molar-refractivity contribution is 0.139. The molecule has 30 heavy (non-hydrogen) atoms. The highest BCUT2D eigenvalue weighted by Gasteiger charge is 2.31. The third-order valence-electron chi connectivity index (χ3n) is 5.63. The Balaban J connectivity index is 1.40. The normalized spacial score (nSPS) is 16.3. The highest BCUT2D eigenvalue weighted by Crippen LogP contribution is 2.32. The first-order chi connectivity index (χ1) is 14.6. The van der Waals surface area contributed by atoms with Gasteiger partial charge in [-0.25, -0.2) is 14.8 Å². The van der Waals surface area contributed by atoms with Crippen LogP contribution >= 0.6 is 11.6 Å². The summed E-state index contributed by atoms with van der Waals surface area (Å²) >= 11 is 5.97. The van der Waals surface area contributed by atoms with Crippen molar-refractivity contribution in [2.24, 2.45) is 0 Å². The van der Waals surface area contributed by atoms with Gasteiger partial charge < -0.3 is 10.1 Å². The zero-order chi connectivity index (χ0) is 20.7. The maximum Gasteiger partial charge on any atom is 0.407 e. The van der Waals surface area contributed by atoms with Crippen LogP contribution in [0.5, 0.6) is 0 Å². The summed E-state index contributed by atoms with van der Waals surface area (Å²) in [5, 5.41) is 11.9. The van der Waals surface area contributed by atoms with E-state index in [-0.39, 0.29) is 6.04 Å². The molecule has 2 N–H and O–H groups in total. The Morgan fingerprint density at radius 1 is 1.00 bits per heavy atom. The van der Waals surface area contributed by atoms with E-state index in [0.29, 0.717) is 17.5 Å². The van der Waals surface area contributed by atoms with E-state index >= 15 is 0 Å². The van der Waals surface area contributed by atoms with Crippen LogP contribution < -0.4 is 0 Å².